The molecule has 1 atom stereocenters. The summed E-state index contributed by atoms with van der Waals surface area (Å²) in [7, 11) is 1.52. The Labute approximate surface area is 198 Å². The molecule has 35 heavy (non-hydrogen) atoms. The van der Waals surface area contributed by atoms with Gasteiger partial charge in [0.1, 0.15) is 6.04 Å². The van der Waals surface area contributed by atoms with Crippen LogP contribution in [0, 0.1) is 0 Å². The van der Waals surface area contributed by atoms with Crippen LogP contribution in [0.5, 0.6) is 0 Å². The second-order valence-corrected chi connectivity index (χ2v) is 8.21. The van der Waals surface area contributed by atoms with E-state index in [0.29, 0.717) is 16.8 Å². The molecule has 12 heteroatoms. The molecule has 1 fully saturated rings. The van der Waals surface area contributed by atoms with Crippen LogP contribution in [0.4, 0.5) is 29.3 Å². The number of rotatable bonds is 5. The number of anilines is 2. The zero-order valence-electron chi connectivity index (χ0n) is 18.6. The molecule has 1 saturated heterocycles. The number of halogens is 3. The van der Waals surface area contributed by atoms with Crippen LogP contribution >= 0.6 is 0 Å². The Morgan fingerprint density at radius 2 is 1.89 bits per heavy atom. The molecule has 0 spiro atoms. The minimum absolute atomic E-state index is 0.0126. The first-order valence-corrected chi connectivity index (χ1v) is 10.8. The first-order chi connectivity index (χ1) is 16.6. The number of imide groups is 1. The Morgan fingerprint density at radius 3 is 2.57 bits per heavy atom. The summed E-state index contributed by atoms with van der Waals surface area (Å²) in [4.78, 5) is 50.2. The summed E-state index contributed by atoms with van der Waals surface area (Å²) in [6.07, 6.45) is -4.15. The molecule has 9 nitrogen and oxygen atoms in total. The zero-order valence-corrected chi connectivity index (χ0v) is 18.6. The molecule has 0 aromatic heterocycles. The van der Waals surface area contributed by atoms with Crippen molar-refractivity contribution in [2.24, 2.45) is 0 Å². The van der Waals surface area contributed by atoms with Crippen molar-refractivity contribution >= 4 is 35.1 Å². The number of carbonyl (C=O) groups excluding carboxylic acids is 4. The molecular weight excluding hydrogens is 467 g/mol. The molecule has 4 N–H and O–H groups in total. The van der Waals surface area contributed by atoms with Gasteiger partial charge in [-0.2, -0.15) is 13.2 Å². The highest BCUT2D eigenvalue weighted by atomic mass is 19.4. The van der Waals surface area contributed by atoms with E-state index in [9.17, 15) is 32.3 Å². The van der Waals surface area contributed by atoms with Crippen molar-refractivity contribution in [3.8, 4) is 0 Å². The van der Waals surface area contributed by atoms with Gasteiger partial charge in [-0.1, -0.05) is 12.1 Å². The summed E-state index contributed by atoms with van der Waals surface area (Å²) in [6, 6.07) is 6.55. The second kappa shape index (κ2) is 9.28. The first kappa shape index (κ1) is 24.0. The molecule has 0 bridgehead atoms. The minimum Gasteiger partial charge on any atom is -0.386 e. The van der Waals surface area contributed by atoms with E-state index in [-0.39, 0.29) is 43.4 Å². The third kappa shape index (κ3) is 5.05. The third-order valence-corrected chi connectivity index (χ3v) is 5.91. The van der Waals surface area contributed by atoms with Crippen LogP contribution < -0.4 is 21.3 Å². The lowest BCUT2D eigenvalue weighted by atomic mass is 10.0. The van der Waals surface area contributed by atoms with Crippen molar-refractivity contribution in [3.05, 3.63) is 58.7 Å². The molecule has 2 heterocycles. The van der Waals surface area contributed by atoms with Crippen molar-refractivity contribution in [2.45, 2.75) is 38.1 Å². The second-order valence-electron chi connectivity index (χ2n) is 8.21. The van der Waals surface area contributed by atoms with E-state index in [1.54, 1.807) is 18.2 Å². The number of hydrogen-bond donors (Lipinski definition) is 4. The monoisotopic (exact) mass is 489 g/mol. The summed E-state index contributed by atoms with van der Waals surface area (Å²) in [6.45, 7) is 0.246. The van der Waals surface area contributed by atoms with Crippen LogP contribution in [0.25, 0.3) is 0 Å². The standard InChI is InChI=1S/C23H22F3N5O4/c1-27-16-5-4-14(23(24,25)26)9-17(16)29-22(35)28-10-12-2-3-13-11-31(21(34)15(13)8-12)18-6-7-19(32)30-20(18)33/h2-5,8-9,18,27H,6-7,10-11H2,1H3,(H2,28,29,35)(H,30,32,33). The predicted molar refractivity (Wildman–Crippen MR) is 119 cm³/mol. The summed E-state index contributed by atoms with van der Waals surface area (Å²) in [5.74, 6) is -1.21. The molecule has 2 aliphatic rings. The van der Waals surface area contributed by atoms with E-state index >= 15 is 0 Å². The molecule has 4 rings (SSSR count). The molecule has 2 aromatic rings. The highest BCUT2D eigenvalue weighted by molar-refractivity contribution is 6.05. The van der Waals surface area contributed by atoms with Gasteiger partial charge >= 0.3 is 12.2 Å². The van der Waals surface area contributed by atoms with E-state index in [1.807, 2.05) is 0 Å². The van der Waals surface area contributed by atoms with E-state index in [0.717, 1.165) is 17.7 Å². The van der Waals surface area contributed by atoms with Gasteiger partial charge in [0.25, 0.3) is 5.91 Å². The van der Waals surface area contributed by atoms with Crippen LogP contribution in [0.3, 0.4) is 0 Å². The minimum atomic E-state index is -4.56. The summed E-state index contributed by atoms with van der Waals surface area (Å²) in [5.41, 5.74) is 1.08. The summed E-state index contributed by atoms with van der Waals surface area (Å²) in [5, 5.41) is 9.94. The molecule has 5 amide bonds. The largest absolute Gasteiger partial charge is 0.416 e. The van der Waals surface area contributed by atoms with Crippen molar-refractivity contribution in [2.75, 3.05) is 17.7 Å². The number of nitrogens with one attached hydrogen (secondary N) is 4. The average molecular weight is 489 g/mol. The number of nitrogens with zero attached hydrogens (tertiary/aromatic N) is 1. The fourth-order valence-electron chi connectivity index (χ4n) is 4.10. The van der Waals surface area contributed by atoms with Crippen LogP contribution in [0.1, 0.15) is 39.9 Å². The highest BCUT2D eigenvalue weighted by Crippen LogP contribution is 2.34. The Kier molecular flexibility index (Phi) is 6.37. The Hall–Kier alpha value is -4.09. The smallest absolute Gasteiger partial charge is 0.386 e. The van der Waals surface area contributed by atoms with Gasteiger partial charge in [-0.05, 0) is 41.8 Å². The van der Waals surface area contributed by atoms with Gasteiger partial charge in [-0.15, -0.1) is 0 Å². The number of fused-ring (bicyclic) bond motifs is 1. The van der Waals surface area contributed by atoms with E-state index in [4.69, 9.17) is 0 Å². The van der Waals surface area contributed by atoms with Gasteiger partial charge in [0.05, 0.1) is 16.9 Å². The van der Waals surface area contributed by atoms with Gasteiger partial charge in [0.15, 0.2) is 0 Å². The van der Waals surface area contributed by atoms with E-state index in [1.165, 1.54) is 18.0 Å². The van der Waals surface area contributed by atoms with Crippen LogP contribution in [-0.2, 0) is 28.9 Å². The van der Waals surface area contributed by atoms with Gasteiger partial charge in [-0.3, -0.25) is 19.7 Å². The average Bonchev–Trinajstić information content (AvgIpc) is 3.12. The fraction of sp³-hybridized carbons (Fsp3) is 0.304. The molecule has 2 aromatic carbocycles. The Bertz CT molecular complexity index is 1210. The third-order valence-electron chi connectivity index (χ3n) is 5.91. The number of amides is 5. The van der Waals surface area contributed by atoms with Gasteiger partial charge in [0.2, 0.25) is 11.8 Å². The fourth-order valence-corrected chi connectivity index (χ4v) is 4.10. The van der Waals surface area contributed by atoms with E-state index < -0.39 is 29.7 Å². The van der Waals surface area contributed by atoms with Crippen molar-refractivity contribution in [1.29, 1.82) is 0 Å². The normalized spacial score (nSPS) is 17.7. The number of benzene rings is 2. The maximum absolute atomic E-state index is 13.0. The Morgan fingerprint density at radius 1 is 1.11 bits per heavy atom. The number of piperidine rings is 1. The molecule has 2 aliphatic heterocycles. The predicted octanol–water partition coefficient (Wildman–Crippen LogP) is 2.83. The number of hydrogen-bond acceptors (Lipinski definition) is 5. The molecule has 0 saturated carbocycles. The van der Waals surface area contributed by atoms with Crippen LogP contribution in [0.2, 0.25) is 0 Å². The molecule has 184 valence electrons. The van der Waals surface area contributed by atoms with Crippen LogP contribution in [0.15, 0.2) is 36.4 Å². The lowest BCUT2D eigenvalue weighted by Crippen LogP contribution is -2.52. The Balaban J connectivity index is 1.41. The highest BCUT2D eigenvalue weighted by Gasteiger charge is 2.39. The van der Waals surface area contributed by atoms with Gasteiger partial charge in [0, 0.05) is 32.1 Å². The molecule has 0 radical (unpaired) electrons. The number of urea groups is 1. The topological polar surface area (TPSA) is 120 Å². The maximum atomic E-state index is 13.0. The van der Waals surface area contributed by atoms with Crippen molar-refractivity contribution < 1.29 is 32.3 Å². The molecule has 1 unspecified atom stereocenters. The van der Waals surface area contributed by atoms with Crippen LogP contribution in [-0.4, -0.2) is 41.7 Å². The molecule has 0 aliphatic carbocycles. The van der Waals surface area contributed by atoms with Gasteiger partial charge < -0.3 is 20.9 Å². The maximum Gasteiger partial charge on any atom is 0.416 e. The number of alkyl halides is 3. The lowest BCUT2D eigenvalue weighted by Gasteiger charge is -2.29. The number of carbonyl (C=O) groups is 4. The quantitative estimate of drug-likeness (QED) is 0.482. The van der Waals surface area contributed by atoms with Crippen molar-refractivity contribution in [1.82, 2.24) is 15.5 Å². The zero-order chi connectivity index (χ0) is 25.3. The van der Waals surface area contributed by atoms with E-state index in [2.05, 4.69) is 21.3 Å². The molecular formula is C23H22F3N5O4. The first-order valence-electron chi connectivity index (χ1n) is 10.8. The SMILES string of the molecule is CNc1ccc(C(F)(F)F)cc1NC(=O)NCc1ccc2c(c1)C(=O)N(C1CCC(=O)NC1=O)C2. The summed E-state index contributed by atoms with van der Waals surface area (Å²) >= 11 is 0. The summed E-state index contributed by atoms with van der Waals surface area (Å²) < 4.78 is 39.1. The lowest BCUT2D eigenvalue weighted by molar-refractivity contribution is -0.138. The van der Waals surface area contributed by atoms with Gasteiger partial charge in [-0.25, -0.2) is 4.79 Å². The van der Waals surface area contributed by atoms with Crippen molar-refractivity contribution in [3.63, 3.8) is 0 Å².